The summed E-state index contributed by atoms with van der Waals surface area (Å²) in [5.41, 5.74) is 4.42. The number of rotatable bonds is 5. The van der Waals surface area contributed by atoms with Crippen LogP contribution in [0.15, 0.2) is 106 Å². The maximum atomic E-state index is 11.7. The smallest absolute Gasteiger partial charge is 0.294 e. The highest BCUT2D eigenvalue weighted by atomic mass is 32.2. The molecule has 38 heavy (non-hydrogen) atoms. The van der Waals surface area contributed by atoms with Crippen molar-refractivity contribution in [3.8, 4) is 11.5 Å². The number of fused-ring (bicyclic) bond motifs is 2. The summed E-state index contributed by atoms with van der Waals surface area (Å²) < 4.78 is 38.5. The SMILES string of the molecule is Cn1ccnc1-c1cc(C=C2Sc3ccc(S(=O)(=O)O)cc3P2C)c2ccccc2[n+]1Cc1ccccc1. The highest BCUT2D eigenvalue weighted by Crippen LogP contribution is 2.58. The van der Waals surface area contributed by atoms with Crippen LogP contribution in [0.2, 0.25) is 0 Å². The van der Waals surface area contributed by atoms with Crippen LogP contribution < -0.4 is 9.87 Å². The Hall–Kier alpha value is -3.29. The van der Waals surface area contributed by atoms with Crippen LogP contribution in [0.5, 0.6) is 0 Å². The van der Waals surface area contributed by atoms with Crippen LogP contribution in [-0.4, -0.2) is 29.2 Å². The van der Waals surface area contributed by atoms with Gasteiger partial charge in [0, 0.05) is 46.7 Å². The van der Waals surface area contributed by atoms with Crippen LogP contribution in [0.25, 0.3) is 28.5 Å². The van der Waals surface area contributed by atoms with Crippen molar-refractivity contribution in [2.45, 2.75) is 16.3 Å². The normalized spacial score (nSPS) is 16.3. The number of aryl methyl sites for hydroxylation is 1. The summed E-state index contributed by atoms with van der Waals surface area (Å²) in [6, 6.07) is 25.9. The molecule has 1 N–H and O–H groups in total. The van der Waals surface area contributed by atoms with Crippen molar-refractivity contribution >= 4 is 52.1 Å². The lowest BCUT2D eigenvalue weighted by molar-refractivity contribution is -0.651. The number of thioether (sulfide) groups is 1. The van der Waals surface area contributed by atoms with E-state index in [4.69, 9.17) is 0 Å². The summed E-state index contributed by atoms with van der Waals surface area (Å²) in [6.45, 7) is 2.84. The van der Waals surface area contributed by atoms with E-state index in [1.54, 1.807) is 23.9 Å². The van der Waals surface area contributed by atoms with Crippen LogP contribution in [-0.2, 0) is 23.7 Å². The number of hydrogen-bond acceptors (Lipinski definition) is 4. The number of nitrogens with zero attached hydrogens (tertiary/aromatic N) is 3. The third-order valence-electron chi connectivity index (χ3n) is 6.74. The second-order valence-electron chi connectivity index (χ2n) is 9.18. The summed E-state index contributed by atoms with van der Waals surface area (Å²) in [5, 5.41) is 2.10. The first-order valence-electron chi connectivity index (χ1n) is 12.0. The Morgan fingerprint density at radius 1 is 1.05 bits per heavy atom. The molecule has 9 heteroatoms. The highest BCUT2D eigenvalue weighted by Gasteiger charge is 2.28. The molecule has 3 heterocycles. The first kappa shape index (κ1) is 25.0. The third-order valence-corrected chi connectivity index (χ3v) is 11.6. The van der Waals surface area contributed by atoms with Gasteiger partial charge in [0.05, 0.1) is 10.3 Å². The number of aromatic nitrogens is 3. The van der Waals surface area contributed by atoms with Crippen molar-refractivity contribution in [1.82, 2.24) is 9.55 Å². The molecule has 190 valence electrons. The van der Waals surface area contributed by atoms with E-state index in [2.05, 4.69) is 76.9 Å². The van der Waals surface area contributed by atoms with Gasteiger partial charge >= 0.3 is 0 Å². The molecular formula is C29H25N3O3PS2+. The van der Waals surface area contributed by atoms with Gasteiger partial charge in [-0.15, -0.1) is 0 Å². The molecule has 2 aromatic heterocycles. The topological polar surface area (TPSA) is 76.1 Å². The van der Waals surface area contributed by atoms with Gasteiger partial charge in [0.15, 0.2) is 6.54 Å². The molecule has 1 aliphatic rings. The molecule has 0 spiro atoms. The van der Waals surface area contributed by atoms with Crippen molar-refractivity contribution in [3.05, 3.63) is 107 Å². The fourth-order valence-electron chi connectivity index (χ4n) is 4.80. The average Bonchev–Trinajstić information content (AvgIpc) is 3.47. The van der Waals surface area contributed by atoms with Crippen LogP contribution in [0, 0.1) is 0 Å². The summed E-state index contributed by atoms with van der Waals surface area (Å²) >= 11 is 1.67. The van der Waals surface area contributed by atoms with E-state index in [-0.39, 0.29) is 4.90 Å². The first-order chi connectivity index (χ1) is 18.3. The van der Waals surface area contributed by atoms with Gasteiger partial charge in [0.2, 0.25) is 17.0 Å². The molecule has 0 bridgehead atoms. The van der Waals surface area contributed by atoms with Gasteiger partial charge in [-0.05, 0) is 55.8 Å². The van der Waals surface area contributed by atoms with Crippen LogP contribution in [0.3, 0.4) is 0 Å². The van der Waals surface area contributed by atoms with Gasteiger partial charge in [-0.25, -0.2) is 4.98 Å². The first-order valence-corrected chi connectivity index (χ1v) is 16.1. The largest absolute Gasteiger partial charge is 0.329 e. The van der Waals surface area contributed by atoms with E-state index >= 15 is 0 Å². The van der Waals surface area contributed by atoms with Crippen molar-refractivity contribution in [2.75, 3.05) is 6.66 Å². The monoisotopic (exact) mass is 558 g/mol. The number of benzene rings is 3. The molecule has 1 aliphatic heterocycles. The Labute approximate surface area is 227 Å². The second-order valence-corrected chi connectivity index (χ2v) is 14.1. The van der Waals surface area contributed by atoms with Gasteiger partial charge in [0.1, 0.15) is 0 Å². The zero-order valence-electron chi connectivity index (χ0n) is 20.8. The van der Waals surface area contributed by atoms with Gasteiger partial charge in [-0.1, -0.05) is 54.2 Å². The number of imidazole rings is 1. The Kier molecular flexibility index (Phi) is 6.44. The van der Waals surface area contributed by atoms with E-state index < -0.39 is 18.0 Å². The lowest BCUT2D eigenvalue weighted by Gasteiger charge is -2.12. The lowest BCUT2D eigenvalue weighted by Crippen LogP contribution is -2.38. The number of pyridine rings is 1. The van der Waals surface area contributed by atoms with Gasteiger partial charge in [-0.3, -0.25) is 4.55 Å². The van der Waals surface area contributed by atoms with E-state index in [0.29, 0.717) is 6.54 Å². The molecule has 3 aromatic carbocycles. The lowest BCUT2D eigenvalue weighted by atomic mass is 10.1. The van der Waals surface area contributed by atoms with Gasteiger partial charge in [-0.2, -0.15) is 13.0 Å². The third kappa shape index (κ3) is 4.58. The van der Waals surface area contributed by atoms with E-state index in [1.807, 2.05) is 30.1 Å². The Morgan fingerprint density at radius 3 is 2.55 bits per heavy atom. The Bertz CT molecular complexity index is 1830. The molecule has 0 saturated carbocycles. The molecule has 0 saturated heterocycles. The quantitative estimate of drug-likeness (QED) is 0.171. The number of para-hydroxylation sites is 1. The maximum Gasteiger partial charge on any atom is 0.294 e. The summed E-state index contributed by atoms with van der Waals surface area (Å²) in [5.74, 6) is 0.880. The summed E-state index contributed by atoms with van der Waals surface area (Å²) in [6.07, 6.45) is 6.00. The van der Waals surface area contributed by atoms with E-state index in [9.17, 15) is 13.0 Å². The molecule has 6 rings (SSSR count). The predicted molar refractivity (Wildman–Crippen MR) is 154 cm³/mol. The Morgan fingerprint density at radius 2 is 1.82 bits per heavy atom. The fraction of sp³-hybridized carbons (Fsp3) is 0.103. The fourth-order valence-corrected chi connectivity index (χ4v) is 9.10. The van der Waals surface area contributed by atoms with Crippen LogP contribution >= 0.6 is 19.7 Å². The van der Waals surface area contributed by atoms with Crippen molar-refractivity contribution in [2.24, 2.45) is 7.05 Å². The van der Waals surface area contributed by atoms with Gasteiger partial charge < -0.3 is 4.57 Å². The zero-order valence-corrected chi connectivity index (χ0v) is 23.3. The molecule has 1 atom stereocenters. The minimum absolute atomic E-state index is 0.0587. The minimum atomic E-state index is -4.25. The molecule has 0 aliphatic carbocycles. The van der Waals surface area contributed by atoms with Crippen LogP contribution in [0.1, 0.15) is 11.1 Å². The molecule has 0 radical (unpaired) electrons. The average molecular weight is 559 g/mol. The summed E-state index contributed by atoms with van der Waals surface area (Å²) in [7, 11) is -3.02. The predicted octanol–water partition coefficient (Wildman–Crippen LogP) is 5.66. The van der Waals surface area contributed by atoms with E-state index in [1.165, 1.54) is 16.3 Å². The summed E-state index contributed by atoms with van der Waals surface area (Å²) in [4.78, 5) is 5.66. The van der Waals surface area contributed by atoms with Crippen molar-refractivity contribution < 1.29 is 17.5 Å². The maximum absolute atomic E-state index is 11.7. The number of hydrogen-bond donors (Lipinski definition) is 1. The highest BCUT2D eigenvalue weighted by molar-refractivity contribution is 8.14. The molecule has 5 aromatic rings. The molecule has 1 unspecified atom stereocenters. The standard InChI is InChI=1S/C29H24N3O3PS2/c1-31-15-14-30-29(31)25-16-21(17-28-36(2)26-18-22(38(33,34)35)12-13-27(26)37-28)23-10-6-7-11-24(23)32(25)19-20-8-4-3-5-9-20/h3-18H,19H2,1-2H3/p+1. The molecule has 6 nitrogen and oxygen atoms in total. The van der Waals surface area contributed by atoms with Crippen LogP contribution in [0.4, 0.5) is 0 Å². The minimum Gasteiger partial charge on any atom is -0.329 e. The second kappa shape index (κ2) is 9.79. The van der Waals surface area contributed by atoms with Gasteiger partial charge in [0.25, 0.3) is 10.1 Å². The zero-order chi connectivity index (χ0) is 26.4. The van der Waals surface area contributed by atoms with Crippen molar-refractivity contribution in [1.29, 1.82) is 0 Å². The molecule has 0 fully saturated rings. The Balaban J connectivity index is 1.53. The molecular weight excluding hydrogens is 533 g/mol. The van der Waals surface area contributed by atoms with E-state index in [0.717, 1.165) is 38.2 Å². The van der Waals surface area contributed by atoms with Crippen molar-refractivity contribution in [3.63, 3.8) is 0 Å². The molecule has 0 amide bonds.